The Morgan fingerprint density at radius 3 is 2.43 bits per heavy atom. The summed E-state index contributed by atoms with van der Waals surface area (Å²) in [7, 11) is 3.01. The van der Waals surface area contributed by atoms with E-state index in [0.29, 0.717) is 27.9 Å². The molecular weight excluding hydrogens is 384 g/mol. The highest BCUT2D eigenvalue weighted by molar-refractivity contribution is 6.30. The Hall–Kier alpha value is -3.52. The number of methoxy groups -OCH3 is 2. The number of carbonyl (C=O) groups is 1. The van der Waals surface area contributed by atoms with Gasteiger partial charge in [0, 0.05) is 34.9 Å². The molecule has 2 N–H and O–H groups in total. The van der Waals surface area contributed by atoms with Crippen molar-refractivity contribution in [3.05, 3.63) is 70.2 Å². The third-order valence-electron chi connectivity index (χ3n) is 3.82. The van der Waals surface area contributed by atoms with Crippen LogP contribution in [-0.2, 0) is 0 Å². The number of nitrogens with zero attached hydrogens (tertiary/aromatic N) is 2. The summed E-state index contributed by atoms with van der Waals surface area (Å²) in [5, 5.41) is 5.63. The van der Waals surface area contributed by atoms with Crippen LogP contribution in [0.25, 0.3) is 5.69 Å². The van der Waals surface area contributed by atoms with E-state index in [4.69, 9.17) is 21.1 Å². The molecule has 0 unspecified atom stereocenters. The van der Waals surface area contributed by atoms with E-state index in [0.717, 1.165) is 0 Å². The summed E-state index contributed by atoms with van der Waals surface area (Å²) in [5.41, 5.74) is 0.580. The van der Waals surface area contributed by atoms with Crippen LogP contribution in [0.15, 0.2) is 59.7 Å². The van der Waals surface area contributed by atoms with E-state index in [2.05, 4.69) is 15.6 Å². The van der Waals surface area contributed by atoms with Crippen molar-refractivity contribution in [3.8, 4) is 17.2 Å². The second-order valence-corrected chi connectivity index (χ2v) is 6.01. The Morgan fingerprint density at radius 2 is 1.75 bits per heavy atom. The van der Waals surface area contributed by atoms with Gasteiger partial charge in [-0.15, -0.1) is 0 Å². The Labute approximate surface area is 165 Å². The average molecular weight is 401 g/mol. The minimum atomic E-state index is -0.620. The van der Waals surface area contributed by atoms with Crippen LogP contribution in [0, 0.1) is 0 Å². The summed E-state index contributed by atoms with van der Waals surface area (Å²) in [5.74, 6) is 0.877. The lowest BCUT2D eigenvalue weighted by atomic mass is 10.3. The standard InChI is InChI=1S/C19H17ClN4O4/c1-27-15-8-5-13(11-16(15)28-2)22-19(26)23-17-18(25)24(10-9-21-17)14-6-3-12(20)4-7-14/h3-11H,1-2H3,(H2,21,22,23,26). The molecule has 1 aromatic heterocycles. The van der Waals surface area contributed by atoms with E-state index in [9.17, 15) is 9.59 Å². The van der Waals surface area contributed by atoms with Crippen LogP contribution < -0.4 is 25.7 Å². The molecule has 2 aromatic carbocycles. The molecule has 0 saturated heterocycles. The number of anilines is 2. The zero-order valence-corrected chi connectivity index (χ0v) is 15.9. The van der Waals surface area contributed by atoms with Crippen LogP contribution in [0.1, 0.15) is 0 Å². The second-order valence-electron chi connectivity index (χ2n) is 5.58. The number of halogens is 1. The Kier molecular flexibility index (Phi) is 5.81. The van der Waals surface area contributed by atoms with E-state index in [-0.39, 0.29) is 5.82 Å². The predicted molar refractivity (Wildman–Crippen MR) is 107 cm³/mol. The summed E-state index contributed by atoms with van der Waals surface area (Å²) < 4.78 is 11.7. The third kappa shape index (κ3) is 4.24. The number of aromatic nitrogens is 2. The summed E-state index contributed by atoms with van der Waals surface area (Å²) in [6.07, 6.45) is 2.92. The Balaban J connectivity index is 1.78. The summed E-state index contributed by atoms with van der Waals surface area (Å²) in [6, 6.07) is 11.0. The van der Waals surface area contributed by atoms with Crippen LogP contribution in [0.2, 0.25) is 5.02 Å². The van der Waals surface area contributed by atoms with Gasteiger partial charge in [0.15, 0.2) is 11.5 Å². The van der Waals surface area contributed by atoms with Gasteiger partial charge >= 0.3 is 6.03 Å². The van der Waals surface area contributed by atoms with Crippen molar-refractivity contribution in [2.24, 2.45) is 0 Å². The lowest BCUT2D eigenvalue weighted by molar-refractivity contribution is 0.262. The summed E-state index contributed by atoms with van der Waals surface area (Å²) >= 11 is 5.87. The fraction of sp³-hybridized carbons (Fsp3) is 0.105. The van der Waals surface area contributed by atoms with Gasteiger partial charge in [-0.25, -0.2) is 9.78 Å². The van der Waals surface area contributed by atoms with Gasteiger partial charge in [-0.05, 0) is 36.4 Å². The number of rotatable bonds is 5. The zero-order valence-electron chi connectivity index (χ0n) is 15.1. The SMILES string of the molecule is COc1ccc(NC(=O)Nc2nccn(-c3ccc(Cl)cc3)c2=O)cc1OC. The molecule has 0 radical (unpaired) electrons. The maximum absolute atomic E-state index is 12.6. The monoisotopic (exact) mass is 400 g/mol. The fourth-order valence-electron chi connectivity index (χ4n) is 2.49. The molecule has 28 heavy (non-hydrogen) atoms. The minimum Gasteiger partial charge on any atom is -0.493 e. The summed E-state index contributed by atoms with van der Waals surface area (Å²) in [4.78, 5) is 28.8. The maximum atomic E-state index is 12.6. The Morgan fingerprint density at radius 1 is 1.04 bits per heavy atom. The molecule has 2 amide bonds. The van der Waals surface area contributed by atoms with Crippen molar-refractivity contribution in [2.75, 3.05) is 24.9 Å². The Bertz CT molecular complexity index is 1050. The van der Waals surface area contributed by atoms with Gasteiger partial charge in [0.05, 0.1) is 14.2 Å². The number of ether oxygens (including phenoxy) is 2. The van der Waals surface area contributed by atoms with Crippen LogP contribution in [-0.4, -0.2) is 29.8 Å². The lowest BCUT2D eigenvalue weighted by Crippen LogP contribution is -2.28. The number of benzene rings is 2. The number of hydrogen-bond acceptors (Lipinski definition) is 5. The molecule has 0 fully saturated rings. The van der Waals surface area contributed by atoms with Crippen LogP contribution >= 0.6 is 11.6 Å². The molecular formula is C19H17ClN4O4. The van der Waals surface area contributed by atoms with Gasteiger partial charge in [-0.3, -0.25) is 14.7 Å². The maximum Gasteiger partial charge on any atom is 0.325 e. The van der Waals surface area contributed by atoms with E-state index >= 15 is 0 Å². The van der Waals surface area contributed by atoms with Crippen molar-refractivity contribution >= 4 is 29.1 Å². The molecule has 0 bridgehead atoms. The molecule has 9 heteroatoms. The lowest BCUT2D eigenvalue weighted by Gasteiger charge is -2.11. The first-order chi connectivity index (χ1) is 13.5. The van der Waals surface area contributed by atoms with Crippen LogP contribution in [0.5, 0.6) is 11.5 Å². The number of nitrogens with one attached hydrogen (secondary N) is 2. The van der Waals surface area contributed by atoms with Gasteiger partial charge in [-0.1, -0.05) is 11.6 Å². The first-order valence-electron chi connectivity index (χ1n) is 8.15. The zero-order chi connectivity index (χ0) is 20.1. The topological polar surface area (TPSA) is 94.5 Å². The predicted octanol–water partition coefficient (Wildman–Crippen LogP) is 3.55. The largest absolute Gasteiger partial charge is 0.493 e. The molecule has 0 saturated carbocycles. The number of carbonyl (C=O) groups excluding carboxylic acids is 1. The smallest absolute Gasteiger partial charge is 0.325 e. The molecule has 3 rings (SSSR count). The molecule has 8 nitrogen and oxygen atoms in total. The summed E-state index contributed by atoms with van der Waals surface area (Å²) in [6.45, 7) is 0. The van der Waals surface area contributed by atoms with Crippen LogP contribution in [0.3, 0.4) is 0 Å². The molecule has 0 aliphatic carbocycles. The van der Waals surface area contributed by atoms with E-state index in [1.807, 2.05) is 0 Å². The number of hydrogen-bond donors (Lipinski definition) is 2. The number of urea groups is 1. The van der Waals surface area contributed by atoms with Crippen molar-refractivity contribution in [1.29, 1.82) is 0 Å². The second kappa shape index (κ2) is 8.45. The molecule has 0 spiro atoms. The van der Waals surface area contributed by atoms with Crippen molar-refractivity contribution < 1.29 is 14.3 Å². The minimum absolute atomic E-state index is 0.115. The van der Waals surface area contributed by atoms with E-state index in [1.165, 1.54) is 31.2 Å². The van der Waals surface area contributed by atoms with Gasteiger partial charge in [0.1, 0.15) is 0 Å². The molecule has 0 aliphatic heterocycles. The fourth-order valence-corrected chi connectivity index (χ4v) is 2.61. The molecule has 144 valence electrons. The number of amides is 2. The molecule has 1 heterocycles. The first-order valence-corrected chi connectivity index (χ1v) is 8.53. The highest BCUT2D eigenvalue weighted by Gasteiger charge is 2.12. The van der Waals surface area contributed by atoms with E-state index in [1.54, 1.807) is 42.5 Å². The van der Waals surface area contributed by atoms with Gasteiger partial charge in [0.25, 0.3) is 5.56 Å². The molecule has 3 aromatic rings. The normalized spacial score (nSPS) is 10.2. The van der Waals surface area contributed by atoms with Crippen molar-refractivity contribution in [2.45, 2.75) is 0 Å². The highest BCUT2D eigenvalue weighted by atomic mass is 35.5. The quantitative estimate of drug-likeness (QED) is 0.683. The molecule has 0 atom stereocenters. The van der Waals surface area contributed by atoms with Crippen molar-refractivity contribution in [3.63, 3.8) is 0 Å². The van der Waals surface area contributed by atoms with Crippen LogP contribution in [0.4, 0.5) is 16.3 Å². The average Bonchev–Trinajstić information content (AvgIpc) is 2.70. The van der Waals surface area contributed by atoms with Crippen molar-refractivity contribution in [1.82, 2.24) is 9.55 Å². The van der Waals surface area contributed by atoms with E-state index < -0.39 is 11.6 Å². The van der Waals surface area contributed by atoms with Gasteiger partial charge in [-0.2, -0.15) is 0 Å². The van der Waals surface area contributed by atoms with Gasteiger partial charge < -0.3 is 14.8 Å². The van der Waals surface area contributed by atoms with Gasteiger partial charge in [0.2, 0.25) is 5.82 Å². The highest BCUT2D eigenvalue weighted by Crippen LogP contribution is 2.29. The first kappa shape index (κ1) is 19.2. The third-order valence-corrected chi connectivity index (χ3v) is 4.07. The molecule has 0 aliphatic rings.